The van der Waals surface area contributed by atoms with E-state index in [0.29, 0.717) is 4.90 Å². The van der Waals surface area contributed by atoms with Gasteiger partial charge in [-0.2, -0.15) is 0 Å². The van der Waals surface area contributed by atoms with Crippen LogP contribution >= 0.6 is 12.6 Å². The van der Waals surface area contributed by atoms with Crippen molar-refractivity contribution in [2.45, 2.75) is 25.7 Å². The Morgan fingerprint density at radius 2 is 1.53 bits per heavy atom. The molecule has 0 spiro atoms. The Morgan fingerprint density at radius 3 is 1.94 bits per heavy atom. The number of benzene rings is 1. The molecule has 2 rings (SSSR count). The highest BCUT2D eigenvalue weighted by Crippen LogP contribution is 2.36. The first-order chi connectivity index (χ1) is 7.91. The van der Waals surface area contributed by atoms with Gasteiger partial charge in [0.1, 0.15) is 0 Å². The van der Waals surface area contributed by atoms with Crippen molar-refractivity contribution >= 4 is 12.6 Å². The lowest BCUT2D eigenvalue weighted by Crippen LogP contribution is -2.00. The number of thiol groups is 1. The number of aryl methyl sites for hydroxylation is 3. The zero-order chi connectivity index (χ0) is 12.7. The van der Waals surface area contributed by atoms with Crippen molar-refractivity contribution in [1.82, 2.24) is 4.57 Å². The molecule has 0 aliphatic heterocycles. The predicted octanol–water partition coefficient (Wildman–Crippen LogP) is 3.10. The monoisotopic (exact) mass is 249 g/mol. The highest BCUT2D eigenvalue weighted by Gasteiger charge is 2.16. The maximum absolute atomic E-state index is 9.92. The van der Waals surface area contributed by atoms with Gasteiger partial charge < -0.3 is 10.2 Å². The lowest BCUT2D eigenvalue weighted by atomic mass is 10.1. The summed E-state index contributed by atoms with van der Waals surface area (Å²) in [5, 5.41) is 19.8. The minimum atomic E-state index is -0.0408. The average molecular weight is 249 g/mol. The van der Waals surface area contributed by atoms with Crippen LogP contribution in [0.3, 0.4) is 0 Å². The summed E-state index contributed by atoms with van der Waals surface area (Å²) < 4.78 is 1.41. The Labute approximate surface area is 106 Å². The molecule has 1 aromatic heterocycles. The molecule has 90 valence electrons. The van der Waals surface area contributed by atoms with E-state index in [1.165, 1.54) is 10.6 Å². The SMILES string of the molecule is Cc1cc(C)c(-n2c(O)cc(S)c2O)c(C)c1. The van der Waals surface area contributed by atoms with Gasteiger partial charge in [-0.15, -0.1) is 12.6 Å². The van der Waals surface area contributed by atoms with Crippen LogP contribution in [0.2, 0.25) is 0 Å². The van der Waals surface area contributed by atoms with Gasteiger partial charge in [0.25, 0.3) is 0 Å². The summed E-state index contributed by atoms with van der Waals surface area (Å²) in [7, 11) is 0. The highest BCUT2D eigenvalue weighted by molar-refractivity contribution is 7.80. The van der Waals surface area contributed by atoms with Gasteiger partial charge >= 0.3 is 0 Å². The van der Waals surface area contributed by atoms with E-state index in [-0.39, 0.29) is 11.8 Å². The van der Waals surface area contributed by atoms with Gasteiger partial charge in [-0.25, -0.2) is 0 Å². The van der Waals surface area contributed by atoms with E-state index in [0.717, 1.165) is 22.4 Å². The lowest BCUT2D eigenvalue weighted by Gasteiger charge is -2.14. The van der Waals surface area contributed by atoms with Crippen molar-refractivity contribution in [1.29, 1.82) is 0 Å². The molecule has 0 unspecified atom stereocenters. The van der Waals surface area contributed by atoms with Crippen molar-refractivity contribution in [2.75, 3.05) is 0 Å². The number of nitrogens with zero attached hydrogens (tertiary/aromatic N) is 1. The average Bonchev–Trinajstić information content (AvgIpc) is 2.43. The summed E-state index contributed by atoms with van der Waals surface area (Å²) in [5.41, 5.74) is 3.95. The second-order valence-corrected chi connectivity index (χ2v) is 4.78. The van der Waals surface area contributed by atoms with Crippen LogP contribution < -0.4 is 0 Å². The third-order valence-corrected chi connectivity index (χ3v) is 3.12. The summed E-state index contributed by atoms with van der Waals surface area (Å²) in [6, 6.07) is 5.45. The van der Waals surface area contributed by atoms with Crippen LogP contribution in [0.5, 0.6) is 11.8 Å². The summed E-state index contributed by atoms with van der Waals surface area (Å²) in [6.45, 7) is 5.92. The van der Waals surface area contributed by atoms with Crippen molar-refractivity contribution in [3.05, 3.63) is 34.9 Å². The minimum Gasteiger partial charge on any atom is -0.494 e. The second-order valence-electron chi connectivity index (χ2n) is 4.29. The molecule has 0 radical (unpaired) electrons. The van der Waals surface area contributed by atoms with Gasteiger partial charge in [-0.1, -0.05) is 17.7 Å². The fourth-order valence-corrected chi connectivity index (χ4v) is 2.44. The van der Waals surface area contributed by atoms with Gasteiger partial charge in [0.05, 0.1) is 10.6 Å². The predicted molar refractivity (Wildman–Crippen MR) is 70.6 cm³/mol. The van der Waals surface area contributed by atoms with Gasteiger partial charge in [0, 0.05) is 6.07 Å². The Hall–Kier alpha value is -1.55. The summed E-state index contributed by atoms with van der Waals surface area (Å²) in [4.78, 5) is 0.363. The zero-order valence-electron chi connectivity index (χ0n) is 10.0. The van der Waals surface area contributed by atoms with Crippen LogP contribution in [0.25, 0.3) is 5.69 Å². The molecule has 0 amide bonds. The van der Waals surface area contributed by atoms with E-state index < -0.39 is 0 Å². The van der Waals surface area contributed by atoms with Gasteiger partial charge in [0.2, 0.25) is 5.88 Å². The standard InChI is InChI=1S/C13H15NO2S/c1-7-4-8(2)12(9(3)5-7)14-11(15)6-10(17)13(14)16/h4-6,15-17H,1-3H3. The molecule has 2 aromatic rings. The minimum absolute atomic E-state index is 0.0115. The molecule has 0 fully saturated rings. The van der Waals surface area contributed by atoms with Gasteiger partial charge in [0.15, 0.2) is 5.88 Å². The molecule has 0 aliphatic rings. The van der Waals surface area contributed by atoms with Crippen molar-refractivity contribution < 1.29 is 10.2 Å². The van der Waals surface area contributed by atoms with Crippen molar-refractivity contribution in [2.24, 2.45) is 0 Å². The molecule has 0 saturated carbocycles. The van der Waals surface area contributed by atoms with E-state index in [2.05, 4.69) is 12.6 Å². The Balaban J connectivity index is 2.77. The maximum Gasteiger partial charge on any atom is 0.212 e. The van der Waals surface area contributed by atoms with Crippen LogP contribution in [0, 0.1) is 20.8 Å². The third kappa shape index (κ3) is 1.89. The summed E-state index contributed by atoms with van der Waals surface area (Å²) in [5.74, 6) is -0.0524. The molecule has 1 aromatic carbocycles. The molecular weight excluding hydrogens is 234 g/mol. The van der Waals surface area contributed by atoms with Gasteiger partial charge in [-0.05, 0) is 31.9 Å². The van der Waals surface area contributed by atoms with E-state index in [1.54, 1.807) is 0 Å². The Morgan fingerprint density at radius 1 is 1.00 bits per heavy atom. The molecule has 0 bridgehead atoms. The van der Waals surface area contributed by atoms with E-state index in [1.807, 2.05) is 32.9 Å². The lowest BCUT2D eigenvalue weighted by molar-refractivity contribution is 0.398. The number of aromatic nitrogens is 1. The molecule has 1 heterocycles. The second kappa shape index (κ2) is 4.04. The fraction of sp³-hybridized carbons (Fsp3) is 0.231. The van der Waals surface area contributed by atoms with Crippen LogP contribution in [0.1, 0.15) is 16.7 Å². The quantitative estimate of drug-likeness (QED) is 0.680. The fourth-order valence-electron chi connectivity index (χ4n) is 2.22. The zero-order valence-corrected chi connectivity index (χ0v) is 10.9. The van der Waals surface area contributed by atoms with Crippen molar-refractivity contribution in [3.8, 4) is 17.4 Å². The molecule has 2 N–H and O–H groups in total. The molecule has 0 aliphatic carbocycles. The molecular formula is C13H15NO2S. The van der Waals surface area contributed by atoms with Crippen LogP contribution in [-0.4, -0.2) is 14.8 Å². The highest BCUT2D eigenvalue weighted by atomic mass is 32.1. The Kier molecular flexibility index (Phi) is 2.83. The van der Waals surface area contributed by atoms with E-state index in [4.69, 9.17) is 0 Å². The summed E-state index contributed by atoms with van der Waals surface area (Å²) >= 11 is 4.10. The topological polar surface area (TPSA) is 45.4 Å². The molecule has 0 atom stereocenters. The summed E-state index contributed by atoms with van der Waals surface area (Å²) in [6.07, 6.45) is 0. The van der Waals surface area contributed by atoms with Crippen LogP contribution in [-0.2, 0) is 0 Å². The largest absolute Gasteiger partial charge is 0.494 e. The molecule has 4 heteroatoms. The smallest absolute Gasteiger partial charge is 0.212 e. The number of aromatic hydroxyl groups is 2. The normalized spacial score (nSPS) is 10.8. The third-order valence-electron chi connectivity index (χ3n) is 2.79. The number of hydrogen-bond donors (Lipinski definition) is 3. The molecule has 0 saturated heterocycles. The first kappa shape index (κ1) is 11.9. The number of rotatable bonds is 1. The van der Waals surface area contributed by atoms with Crippen LogP contribution in [0.15, 0.2) is 23.1 Å². The van der Waals surface area contributed by atoms with Crippen LogP contribution in [0.4, 0.5) is 0 Å². The first-order valence-corrected chi connectivity index (χ1v) is 5.77. The van der Waals surface area contributed by atoms with Crippen molar-refractivity contribution in [3.63, 3.8) is 0 Å². The van der Waals surface area contributed by atoms with E-state index >= 15 is 0 Å². The first-order valence-electron chi connectivity index (χ1n) is 5.32. The molecule has 17 heavy (non-hydrogen) atoms. The molecule has 3 nitrogen and oxygen atoms in total. The van der Waals surface area contributed by atoms with Gasteiger partial charge in [-0.3, -0.25) is 4.57 Å². The Bertz CT molecular complexity index is 564. The number of hydrogen-bond acceptors (Lipinski definition) is 3. The maximum atomic E-state index is 9.92. The van der Waals surface area contributed by atoms with E-state index in [9.17, 15) is 10.2 Å².